The fraction of sp³-hybridized carbons (Fsp3) is 0.0870. The number of aryl methyl sites for hydroxylation is 1. The smallest absolute Gasteiger partial charge is 0.266 e. The summed E-state index contributed by atoms with van der Waals surface area (Å²) in [5.41, 5.74) is 1.56. The van der Waals surface area contributed by atoms with Gasteiger partial charge in [0.2, 0.25) is 0 Å². The molecule has 142 valence electrons. The van der Waals surface area contributed by atoms with Crippen molar-refractivity contribution in [3.05, 3.63) is 83.6 Å². The van der Waals surface area contributed by atoms with E-state index in [4.69, 9.17) is 0 Å². The topological polar surface area (TPSA) is 90.9 Å². The highest BCUT2D eigenvalue weighted by Gasteiger charge is 2.22. The number of aliphatic hydroxyl groups excluding tert-OH is 1. The van der Waals surface area contributed by atoms with Crippen molar-refractivity contribution in [1.29, 1.82) is 5.26 Å². The second kappa shape index (κ2) is 7.49. The molecule has 0 aliphatic heterocycles. The van der Waals surface area contributed by atoms with E-state index >= 15 is 0 Å². The molecule has 4 rings (SSSR count). The Morgan fingerprint density at radius 2 is 1.79 bits per heavy atom. The molecule has 1 heterocycles. The van der Waals surface area contributed by atoms with Crippen LogP contribution in [0.15, 0.2) is 72.3 Å². The standard InChI is InChI=1S/C23H18N4O2/c1-27-21-17-10-6-5-9-16(17)11-12-18(21)20(26-27)22(28)19(13-24)23(29)25-14-15-7-3-2-4-8-15/h2-12,28H,14H2,1H3,(H,25,29). The van der Waals surface area contributed by atoms with Gasteiger partial charge in [0.15, 0.2) is 11.3 Å². The number of amides is 1. The first-order valence-electron chi connectivity index (χ1n) is 9.10. The van der Waals surface area contributed by atoms with Gasteiger partial charge in [-0.1, -0.05) is 60.7 Å². The molecule has 0 saturated carbocycles. The van der Waals surface area contributed by atoms with Crippen LogP contribution in [0.4, 0.5) is 0 Å². The van der Waals surface area contributed by atoms with E-state index < -0.39 is 11.7 Å². The van der Waals surface area contributed by atoms with E-state index in [1.165, 1.54) is 0 Å². The van der Waals surface area contributed by atoms with E-state index in [1.54, 1.807) is 11.7 Å². The quantitative estimate of drug-likeness (QED) is 0.319. The summed E-state index contributed by atoms with van der Waals surface area (Å²) in [6, 6.07) is 22.8. The maximum Gasteiger partial charge on any atom is 0.266 e. The lowest BCUT2D eigenvalue weighted by molar-refractivity contribution is -0.117. The number of carbonyl (C=O) groups is 1. The molecule has 0 fully saturated rings. The van der Waals surface area contributed by atoms with Gasteiger partial charge in [-0.3, -0.25) is 9.48 Å². The molecule has 0 saturated heterocycles. The summed E-state index contributed by atoms with van der Waals surface area (Å²) in [6.45, 7) is 0.256. The summed E-state index contributed by atoms with van der Waals surface area (Å²) in [5, 5.41) is 30.0. The van der Waals surface area contributed by atoms with Crippen LogP contribution in [0.1, 0.15) is 11.3 Å². The Morgan fingerprint density at radius 3 is 2.55 bits per heavy atom. The number of benzene rings is 3. The Balaban J connectivity index is 1.75. The molecule has 2 N–H and O–H groups in total. The average molecular weight is 382 g/mol. The molecule has 1 amide bonds. The molecule has 6 heteroatoms. The Labute approximate surface area is 167 Å². The summed E-state index contributed by atoms with van der Waals surface area (Å²) in [6.07, 6.45) is 0. The van der Waals surface area contributed by atoms with Crippen LogP contribution in [0.25, 0.3) is 27.4 Å². The Hall–Kier alpha value is -4.11. The van der Waals surface area contributed by atoms with E-state index in [-0.39, 0.29) is 17.8 Å². The number of hydrogen-bond acceptors (Lipinski definition) is 4. The number of carbonyl (C=O) groups excluding carboxylic acids is 1. The molecule has 6 nitrogen and oxygen atoms in total. The lowest BCUT2D eigenvalue weighted by Gasteiger charge is -2.06. The maximum absolute atomic E-state index is 12.5. The fourth-order valence-electron chi connectivity index (χ4n) is 3.42. The highest BCUT2D eigenvalue weighted by atomic mass is 16.3. The van der Waals surface area contributed by atoms with Crippen LogP contribution in [-0.2, 0) is 18.4 Å². The van der Waals surface area contributed by atoms with Crippen molar-refractivity contribution < 1.29 is 9.90 Å². The van der Waals surface area contributed by atoms with E-state index in [2.05, 4.69) is 10.4 Å². The van der Waals surface area contributed by atoms with Gasteiger partial charge in [-0.15, -0.1) is 0 Å². The van der Waals surface area contributed by atoms with Crippen molar-refractivity contribution in [3.8, 4) is 6.07 Å². The summed E-state index contributed by atoms with van der Waals surface area (Å²) < 4.78 is 1.65. The van der Waals surface area contributed by atoms with Crippen LogP contribution in [0.2, 0.25) is 0 Å². The molecule has 0 aliphatic rings. The second-order valence-corrected chi connectivity index (χ2v) is 6.66. The predicted octanol–water partition coefficient (Wildman–Crippen LogP) is 3.84. The van der Waals surface area contributed by atoms with Gasteiger partial charge >= 0.3 is 0 Å². The van der Waals surface area contributed by atoms with Crippen molar-refractivity contribution in [2.75, 3.05) is 0 Å². The molecule has 1 aromatic heterocycles. The van der Waals surface area contributed by atoms with Gasteiger partial charge in [0.25, 0.3) is 5.91 Å². The summed E-state index contributed by atoms with van der Waals surface area (Å²) in [7, 11) is 1.77. The molecule has 4 aromatic rings. The molecule has 3 aromatic carbocycles. The van der Waals surface area contributed by atoms with Gasteiger partial charge in [0.1, 0.15) is 11.8 Å². The van der Waals surface area contributed by atoms with Gasteiger partial charge in [0.05, 0.1) is 5.52 Å². The van der Waals surface area contributed by atoms with Crippen molar-refractivity contribution in [2.45, 2.75) is 6.54 Å². The van der Waals surface area contributed by atoms with Gasteiger partial charge in [-0.25, -0.2) is 0 Å². The molecule has 0 aliphatic carbocycles. The number of fused-ring (bicyclic) bond motifs is 3. The number of nitriles is 1. The van der Waals surface area contributed by atoms with Crippen molar-refractivity contribution in [2.24, 2.45) is 7.05 Å². The Kier molecular flexibility index (Phi) is 4.71. The molecular weight excluding hydrogens is 364 g/mol. The molecule has 0 radical (unpaired) electrons. The first-order chi connectivity index (χ1) is 14.1. The van der Waals surface area contributed by atoms with Crippen LogP contribution in [0.3, 0.4) is 0 Å². The third-order valence-corrected chi connectivity index (χ3v) is 4.83. The first-order valence-corrected chi connectivity index (χ1v) is 9.10. The van der Waals surface area contributed by atoms with Gasteiger partial charge in [-0.2, -0.15) is 10.4 Å². The monoisotopic (exact) mass is 382 g/mol. The van der Waals surface area contributed by atoms with Crippen molar-refractivity contribution >= 4 is 33.3 Å². The predicted molar refractivity (Wildman–Crippen MR) is 112 cm³/mol. The van der Waals surface area contributed by atoms with Crippen LogP contribution in [0.5, 0.6) is 0 Å². The van der Waals surface area contributed by atoms with Gasteiger partial charge in [0, 0.05) is 24.4 Å². The van der Waals surface area contributed by atoms with Crippen molar-refractivity contribution in [1.82, 2.24) is 15.1 Å². The first kappa shape index (κ1) is 18.3. The zero-order valence-electron chi connectivity index (χ0n) is 15.8. The summed E-state index contributed by atoms with van der Waals surface area (Å²) in [4.78, 5) is 12.5. The minimum Gasteiger partial charge on any atom is -0.504 e. The van der Waals surface area contributed by atoms with E-state index in [9.17, 15) is 15.2 Å². The van der Waals surface area contributed by atoms with Gasteiger partial charge in [-0.05, 0) is 17.0 Å². The van der Waals surface area contributed by atoms with Crippen LogP contribution >= 0.6 is 0 Å². The summed E-state index contributed by atoms with van der Waals surface area (Å²) in [5.74, 6) is -1.08. The number of rotatable bonds is 4. The Morgan fingerprint density at radius 1 is 1.07 bits per heavy atom. The fourth-order valence-corrected chi connectivity index (χ4v) is 3.42. The molecular formula is C23H18N4O2. The number of aromatic nitrogens is 2. The molecule has 0 atom stereocenters. The highest BCUT2D eigenvalue weighted by molar-refractivity contribution is 6.10. The minimum atomic E-state index is -0.645. The number of hydrogen-bond donors (Lipinski definition) is 2. The van der Waals surface area contributed by atoms with Crippen LogP contribution in [-0.4, -0.2) is 20.8 Å². The lowest BCUT2D eigenvalue weighted by Crippen LogP contribution is -2.25. The largest absolute Gasteiger partial charge is 0.504 e. The third-order valence-electron chi connectivity index (χ3n) is 4.83. The third kappa shape index (κ3) is 3.30. The Bertz CT molecular complexity index is 1300. The lowest BCUT2D eigenvalue weighted by atomic mass is 10.0. The molecule has 29 heavy (non-hydrogen) atoms. The number of nitrogens with zero attached hydrogens (tertiary/aromatic N) is 3. The summed E-state index contributed by atoms with van der Waals surface area (Å²) >= 11 is 0. The van der Waals surface area contributed by atoms with Crippen LogP contribution in [0, 0.1) is 11.3 Å². The number of aliphatic hydroxyl groups is 1. The maximum atomic E-state index is 12.5. The number of nitrogens with one attached hydrogen (secondary N) is 1. The zero-order valence-corrected chi connectivity index (χ0v) is 15.8. The zero-order chi connectivity index (χ0) is 20.4. The van der Waals surface area contributed by atoms with E-state index in [0.29, 0.717) is 5.39 Å². The van der Waals surface area contributed by atoms with E-state index in [1.807, 2.05) is 72.8 Å². The van der Waals surface area contributed by atoms with Crippen molar-refractivity contribution in [3.63, 3.8) is 0 Å². The van der Waals surface area contributed by atoms with E-state index in [0.717, 1.165) is 21.9 Å². The molecule has 0 unspecified atom stereocenters. The average Bonchev–Trinajstić information content (AvgIpc) is 3.10. The normalized spacial score (nSPS) is 11.9. The second-order valence-electron chi connectivity index (χ2n) is 6.66. The highest BCUT2D eigenvalue weighted by Crippen LogP contribution is 2.30. The molecule has 0 spiro atoms. The SMILES string of the molecule is Cn1nc(C(O)=C(C#N)C(=O)NCc2ccccc2)c2ccc3ccccc3c21. The van der Waals surface area contributed by atoms with Gasteiger partial charge < -0.3 is 10.4 Å². The molecule has 0 bridgehead atoms. The minimum absolute atomic E-state index is 0.208. The van der Waals surface area contributed by atoms with Crippen LogP contribution < -0.4 is 5.32 Å².